The summed E-state index contributed by atoms with van der Waals surface area (Å²) in [6, 6.07) is 29.2. The molecule has 1 saturated carbocycles. The molecule has 9 aromatic heterocycles. The van der Waals surface area contributed by atoms with E-state index in [1.165, 1.54) is 45.9 Å². The Morgan fingerprint density at radius 2 is 0.906 bits per heavy atom. The predicted molar refractivity (Wildman–Crippen MR) is 470 cm³/mol. The number of aryl methyl sites for hydroxylation is 5. The third kappa shape index (κ3) is 22.1. The van der Waals surface area contributed by atoms with Gasteiger partial charge in [-0.05, 0) is 187 Å². The number of benzene rings is 5. The molecule has 3 amide bonds. The number of nitrogens with one attached hydrogen (secondary N) is 4. The molecule has 14 aromatic rings. The smallest absolute Gasteiger partial charge is 1.00 e. The number of ether oxygens (including phenoxy) is 4. The zero-order valence-electron chi connectivity index (χ0n) is 73.2. The van der Waals surface area contributed by atoms with Crippen LogP contribution in [-0.4, -0.2) is 166 Å². The molecule has 2 aliphatic heterocycles. The molecule has 1 aliphatic carbocycles. The summed E-state index contributed by atoms with van der Waals surface area (Å²) in [5.74, 6) is 4.80. The fourth-order valence-corrected chi connectivity index (χ4v) is 17.7. The quantitative estimate of drug-likeness (QED) is 0.0190. The van der Waals surface area contributed by atoms with Crippen molar-refractivity contribution < 1.29 is 204 Å². The summed E-state index contributed by atoms with van der Waals surface area (Å²) in [7, 11) is -1.55. The summed E-state index contributed by atoms with van der Waals surface area (Å²) >= 11 is 6.15. The number of primary amides is 3. The summed E-state index contributed by atoms with van der Waals surface area (Å²) in [6.45, 7) is 15.1. The van der Waals surface area contributed by atoms with E-state index in [0.29, 0.717) is 83.4 Å². The molecule has 3 fully saturated rings. The number of aromatic nitrogens is 15. The number of rotatable bonds is 23. The summed E-state index contributed by atoms with van der Waals surface area (Å²) in [6.07, 6.45) is 22.4. The van der Waals surface area contributed by atoms with Crippen LogP contribution in [0.2, 0.25) is 5.28 Å². The zero-order valence-corrected chi connectivity index (χ0v) is 87.1. The summed E-state index contributed by atoms with van der Waals surface area (Å²) in [4.78, 5) is 93.5. The maximum Gasteiger partial charge on any atom is 1.00 e. The van der Waals surface area contributed by atoms with Crippen molar-refractivity contribution in [2.45, 2.75) is 122 Å². The number of hydrogen-bond donors (Lipinski definition) is 7. The number of hydrogen-bond acceptors (Lipinski definition) is 28. The molecule has 0 bridgehead atoms. The average molecular weight is 2030 g/mol. The Labute approximate surface area is 856 Å². The third-order valence-corrected chi connectivity index (χ3v) is 25.3. The van der Waals surface area contributed by atoms with Crippen LogP contribution in [-0.2, 0) is 44.1 Å². The van der Waals surface area contributed by atoms with Crippen molar-refractivity contribution in [2.24, 2.45) is 23.1 Å². The first-order valence-corrected chi connectivity index (χ1v) is 42.7. The van der Waals surface area contributed by atoms with Crippen LogP contribution in [0.15, 0.2) is 169 Å². The molecule has 3 aliphatic rings. The van der Waals surface area contributed by atoms with Crippen molar-refractivity contribution >= 4 is 136 Å². The number of anilines is 8. The average Bonchev–Trinajstić information content (AvgIpc) is 1.59. The van der Waals surface area contributed by atoms with Gasteiger partial charge in [-0.1, -0.05) is 48.2 Å². The van der Waals surface area contributed by atoms with Gasteiger partial charge in [-0.3, -0.25) is 19.2 Å². The molecule has 0 spiro atoms. The molecule has 37 nitrogen and oxygen atoms in total. The normalized spacial score (nSPS) is 14.2. The number of nitrogens with two attached hydrogens (primary N) is 3. The van der Waals surface area contributed by atoms with Crippen molar-refractivity contribution in [3.63, 3.8) is 0 Å². The van der Waals surface area contributed by atoms with E-state index in [1.54, 1.807) is 125 Å². The number of halogens is 1. The van der Waals surface area contributed by atoms with E-state index in [0.717, 1.165) is 85.8 Å². The maximum absolute atomic E-state index is 13.8. The van der Waals surface area contributed by atoms with E-state index in [-0.39, 0.29) is 207 Å². The van der Waals surface area contributed by atoms with Crippen LogP contribution in [0, 0.1) is 54.4 Å². The van der Waals surface area contributed by atoms with E-state index in [1.807, 2.05) is 89.0 Å². The van der Waals surface area contributed by atoms with Gasteiger partial charge in [0, 0.05) is 61.5 Å². The molecule has 42 heteroatoms. The third-order valence-electron chi connectivity index (χ3n) is 21.7. The predicted octanol–water partition coefficient (Wildman–Crippen LogP) is 5.05. The fraction of sp³-hybridized carbons (Fsp3) is 0.282. The van der Waals surface area contributed by atoms with Crippen LogP contribution in [0.25, 0.3) is 50.2 Å². The Hall–Kier alpha value is -10.1. The van der Waals surface area contributed by atoms with Gasteiger partial charge in [0.15, 0.2) is 29.0 Å². The Morgan fingerprint density at radius 3 is 1.33 bits per heavy atom. The second kappa shape index (κ2) is 42.9. The molecule has 17 rings (SSSR count). The SMILES string of the molecule is COc1cc(-n2cnc(Nc3nc(N4CCC[C@H]4C(N)=O)nc4cc[nH]c34)c2)cc(OC)c1OC.COc1cc(-n2cnc(Nc3nc(N4CCC[C@H]4C(N)=O)nc4ccn(S(=O)(=O)c5ccc(C)cc5)c34)c2)cc(C)c1C.Cc1ccc(S(=O)(=O)n2ccc3nc(Cl)nc(Nc4cn(-c5cc(C)c(C)c(C)c5)cn4)c32)cc1.NC(=O)C1CCCC1.O=CO[O-].[Cs+].[Cs+].[H-]. The van der Waals surface area contributed by atoms with Crippen LogP contribution >= 0.6 is 11.6 Å². The van der Waals surface area contributed by atoms with Gasteiger partial charge in [0.2, 0.25) is 40.7 Å². The van der Waals surface area contributed by atoms with Crippen LogP contribution < -0.4 is 205 Å². The minimum atomic E-state index is -3.99. The number of carbonyl (C=O) groups excluding carboxylic acids is 4. The largest absolute Gasteiger partial charge is 1.00 e. The van der Waals surface area contributed by atoms with E-state index >= 15 is 0 Å². The number of amides is 3. The second-order valence-corrected chi connectivity index (χ2v) is 33.8. The number of fused-ring (bicyclic) bond motifs is 3. The summed E-state index contributed by atoms with van der Waals surface area (Å²) in [5, 5.41) is 18.0. The molecule has 0 unspecified atom stereocenters. The first-order chi connectivity index (χ1) is 59.9. The van der Waals surface area contributed by atoms with Crippen molar-refractivity contribution in [3.8, 4) is 40.1 Å². The number of aromatic amines is 1. The van der Waals surface area contributed by atoms with Gasteiger partial charge in [0.25, 0.3) is 26.5 Å². The number of imidazole rings is 3. The second-order valence-electron chi connectivity index (χ2n) is 29.8. The van der Waals surface area contributed by atoms with Gasteiger partial charge in [-0.2, -0.15) is 15.0 Å². The standard InChI is InChI=1S/C30H32N8O4S.C25H23ClN6O2S.C23H26N8O4.C6H11NO.CH2O3.2Cs.H/c1-18-7-9-22(10-8-18)43(40,41)38-13-11-23-27(38)29(35-30(33-23)37-12-5-6-24(37)28(31)39)34-26-16-36(17-32-26)21-14-19(2)20(3)25(15-21)42-4;1-15-5-7-20(8-6-15)35(33,34)32-10-9-21-23(32)24(30-25(26)28-21)29-22-13-31(14-27-22)19-11-16(2)18(4)17(3)12-19;1-33-16-9-13(10-17(34-2)20(16)35-3)30-11-18(26-12-30)28-22-19-14(6-7-25-19)27-23(29-22)31-8-4-5-15(31)21(24)32;7-6(8)5-3-1-2-4-5;2-1-4-3;;;/h7-11,13-17,24H,5-6,12H2,1-4H3,(H2,31,39)(H,33,34,35);5-14H,1-4H3,(H,28,29,30);6-7,9-12,15,25H,4-5,8H2,1-3H3,(H2,24,32)(H,27,28,29);5H,1-4H2,(H2,7,8);1,3H;;;/q;;;;;2*+1;-1/p-1/t24-;;15-;;;;;/m0.0...../s1. The zero-order chi connectivity index (χ0) is 89.3. The molecule has 0 radical (unpaired) electrons. The van der Waals surface area contributed by atoms with Crippen LogP contribution in [0.4, 0.5) is 46.8 Å². The summed E-state index contributed by atoms with van der Waals surface area (Å²) < 4.78 is 84.2. The Balaban J connectivity index is 0.000000186. The molecule has 654 valence electrons. The van der Waals surface area contributed by atoms with Crippen LogP contribution in [0.3, 0.4) is 0 Å². The van der Waals surface area contributed by atoms with E-state index in [2.05, 4.69) is 93.6 Å². The Kier molecular flexibility index (Phi) is 32.9. The number of nitrogens with zero attached hydrogens (tertiary/aromatic N) is 16. The molecule has 2 atom stereocenters. The van der Waals surface area contributed by atoms with Gasteiger partial charge in [0.05, 0.1) is 84.7 Å². The van der Waals surface area contributed by atoms with Crippen LogP contribution in [0.1, 0.15) is 91.7 Å². The Morgan fingerprint density at radius 1 is 0.504 bits per heavy atom. The van der Waals surface area contributed by atoms with Crippen molar-refractivity contribution in [3.05, 3.63) is 204 Å². The maximum atomic E-state index is 13.8. The summed E-state index contributed by atoms with van der Waals surface area (Å²) in [5.41, 5.74) is 29.3. The van der Waals surface area contributed by atoms with Gasteiger partial charge < -0.3 is 92.2 Å². The molecule has 11 heterocycles. The Bertz CT molecular complexity index is 6540. The van der Waals surface area contributed by atoms with Crippen molar-refractivity contribution in [1.29, 1.82) is 0 Å². The molecular formula is C85H94ClCs2N23O14S2. The first kappa shape index (κ1) is 97.5. The molecule has 127 heavy (non-hydrogen) atoms. The fourth-order valence-electron chi connectivity index (χ4n) is 14.8. The van der Waals surface area contributed by atoms with Gasteiger partial charge in [0.1, 0.15) is 70.8 Å². The van der Waals surface area contributed by atoms with Crippen LogP contribution in [0.5, 0.6) is 23.0 Å². The first-order valence-electron chi connectivity index (χ1n) is 39.5. The molecular weight excluding hydrogens is 1930 g/mol. The molecule has 5 aromatic carbocycles. The van der Waals surface area contributed by atoms with Crippen molar-refractivity contribution in [2.75, 3.05) is 67.3 Å². The number of methoxy groups -OCH3 is 4. The minimum absolute atomic E-state index is 0. The van der Waals surface area contributed by atoms with Gasteiger partial charge in [-0.25, -0.2) is 54.7 Å². The number of carbonyl (C=O) groups is 4. The van der Waals surface area contributed by atoms with Gasteiger partial charge >= 0.3 is 138 Å². The van der Waals surface area contributed by atoms with E-state index in [4.69, 9.17) is 67.8 Å². The number of H-pyrrole nitrogens is 1. The molecule has 2 saturated heterocycles. The van der Waals surface area contributed by atoms with Gasteiger partial charge in [-0.15, -0.1) is 0 Å². The topological polar surface area (TPSA) is 483 Å². The minimum Gasteiger partial charge on any atom is -1.00 e. The molecule has 10 N–H and O–H groups in total. The van der Waals surface area contributed by atoms with Crippen molar-refractivity contribution in [1.82, 2.24) is 71.5 Å². The monoisotopic (exact) mass is 2030 g/mol. The van der Waals surface area contributed by atoms with E-state index in [9.17, 15) is 31.2 Å². The van der Waals surface area contributed by atoms with E-state index < -0.39 is 38.0 Å².